The molecule has 5 nitrogen and oxygen atoms in total. The molecule has 0 radical (unpaired) electrons. The first kappa shape index (κ1) is 20.4. The second-order valence-electron chi connectivity index (χ2n) is 7.64. The molecule has 2 N–H and O–H groups in total. The SMILES string of the molecule is CC(C)(C)OC(=O)c1ccc(-c2cc(C3=CC[S@+]([O-])CC3)cnc2N)cc1F. The molecule has 2 aromatic rings. The Kier molecular flexibility index (Phi) is 5.76. The van der Waals surface area contributed by atoms with Gasteiger partial charge in [0.15, 0.2) is 0 Å². The Bertz CT molecular complexity index is 938. The van der Waals surface area contributed by atoms with E-state index in [1.54, 1.807) is 33.0 Å². The molecule has 28 heavy (non-hydrogen) atoms. The van der Waals surface area contributed by atoms with Gasteiger partial charge in [-0.15, -0.1) is 0 Å². The number of anilines is 1. The van der Waals surface area contributed by atoms with Crippen molar-refractivity contribution in [3.8, 4) is 11.1 Å². The number of pyridine rings is 1. The van der Waals surface area contributed by atoms with Gasteiger partial charge in [-0.25, -0.2) is 14.2 Å². The van der Waals surface area contributed by atoms with E-state index >= 15 is 0 Å². The van der Waals surface area contributed by atoms with E-state index in [4.69, 9.17) is 10.5 Å². The van der Waals surface area contributed by atoms with E-state index in [2.05, 4.69) is 4.98 Å². The molecule has 0 saturated heterocycles. The fourth-order valence-corrected chi connectivity index (χ4v) is 3.93. The number of allylic oxidation sites excluding steroid dienone is 1. The van der Waals surface area contributed by atoms with Gasteiger partial charge in [-0.2, -0.15) is 0 Å². The molecule has 0 amide bonds. The third kappa shape index (κ3) is 4.72. The number of esters is 1. The van der Waals surface area contributed by atoms with Crippen molar-refractivity contribution in [1.82, 2.24) is 4.98 Å². The maximum Gasteiger partial charge on any atom is 0.341 e. The Morgan fingerprint density at radius 3 is 2.64 bits per heavy atom. The van der Waals surface area contributed by atoms with Crippen LogP contribution in [0.4, 0.5) is 10.2 Å². The minimum atomic E-state index is -0.813. The van der Waals surface area contributed by atoms with Gasteiger partial charge in [-0.1, -0.05) is 6.07 Å². The van der Waals surface area contributed by atoms with Crippen LogP contribution in [0.5, 0.6) is 0 Å². The molecule has 2 heterocycles. The largest absolute Gasteiger partial charge is 0.616 e. The lowest BCUT2D eigenvalue weighted by molar-refractivity contribution is 0.00647. The summed E-state index contributed by atoms with van der Waals surface area (Å²) in [6.07, 6.45) is 4.32. The molecule has 1 atom stereocenters. The van der Waals surface area contributed by atoms with Gasteiger partial charge in [0.1, 0.15) is 28.7 Å². The summed E-state index contributed by atoms with van der Waals surface area (Å²) in [6, 6.07) is 6.14. The minimum Gasteiger partial charge on any atom is -0.616 e. The highest BCUT2D eigenvalue weighted by Crippen LogP contribution is 2.31. The van der Waals surface area contributed by atoms with Crippen molar-refractivity contribution in [2.45, 2.75) is 32.8 Å². The highest BCUT2D eigenvalue weighted by Gasteiger charge is 2.22. The number of carbonyl (C=O) groups excluding carboxylic acids is 1. The van der Waals surface area contributed by atoms with Gasteiger partial charge in [-0.3, -0.25) is 0 Å². The second-order valence-corrected chi connectivity index (χ2v) is 9.26. The lowest BCUT2D eigenvalue weighted by Crippen LogP contribution is -2.24. The molecular formula is C21H23FN2O3S. The summed E-state index contributed by atoms with van der Waals surface area (Å²) >= 11 is -0.813. The smallest absolute Gasteiger partial charge is 0.341 e. The summed E-state index contributed by atoms with van der Waals surface area (Å²) in [5.74, 6) is 0.0210. The monoisotopic (exact) mass is 402 g/mol. The zero-order chi connectivity index (χ0) is 20.5. The summed E-state index contributed by atoms with van der Waals surface area (Å²) in [6.45, 7) is 5.18. The third-order valence-corrected chi connectivity index (χ3v) is 5.50. The standard InChI is InChI=1S/C21H23FN2O3S/c1-21(2,3)27-20(25)16-5-4-14(11-18(16)22)17-10-15(12-24-19(17)23)13-6-8-28(26)9-7-13/h4-6,10-12H,7-9H2,1-3H3,(H2,23,24)/t28-/m0/s1. The van der Waals surface area contributed by atoms with Gasteiger partial charge >= 0.3 is 5.97 Å². The van der Waals surface area contributed by atoms with Crippen LogP contribution in [-0.2, 0) is 15.9 Å². The number of hydrogen-bond acceptors (Lipinski definition) is 5. The van der Waals surface area contributed by atoms with Crippen LogP contribution in [0.3, 0.4) is 0 Å². The lowest BCUT2D eigenvalue weighted by atomic mass is 9.98. The first-order valence-corrected chi connectivity index (χ1v) is 10.5. The van der Waals surface area contributed by atoms with E-state index in [9.17, 15) is 13.7 Å². The number of rotatable bonds is 3. The van der Waals surface area contributed by atoms with Crippen molar-refractivity contribution in [3.63, 3.8) is 0 Å². The highest BCUT2D eigenvalue weighted by atomic mass is 32.2. The number of nitrogen functional groups attached to an aromatic ring is 1. The van der Waals surface area contributed by atoms with Crippen LogP contribution < -0.4 is 5.73 Å². The Labute approximate surface area is 167 Å². The number of carbonyl (C=O) groups is 1. The third-order valence-electron chi connectivity index (χ3n) is 4.30. The number of nitrogens with zero attached hydrogens (tertiary/aromatic N) is 1. The molecule has 1 aliphatic heterocycles. The first-order chi connectivity index (χ1) is 13.1. The number of benzene rings is 1. The second kappa shape index (κ2) is 7.93. The highest BCUT2D eigenvalue weighted by molar-refractivity contribution is 7.91. The van der Waals surface area contributed by atoms with Gasteiger partial charge in [0.05, 0.1) is 5.56 Å². The van der Waals surface area contributed by atoms with Gasteiger partial charge in [0.25, 0.3) is 0 Å². The molecule has 1 aromatic carbocycles. The Balaban J connectivity index is 1.92. The van der Waals surface area contributed by atoms with E-state index < -0.39 is 28.6 Å². The minimum absolute atomic E-state index is 0.126. The Morgan fingerprint density at radius 1 is 1.29 bits per heavy atom. The van der Waals surface area contributed by atoms with E-state index in [-0.39, 0.29) is 11.4 Å². The molecule has 1 aliphatic rings. The number of nitrogens with two attached hydrogens (primary N) is 1. The zero-order valence-corrected chi connectivity index (χ0v) is 16.9. The first-order valence-electron chi connectivity index (χ1n) is 8.97. The maximum atomic E-state index is 14.6. The Morgan fingerprint density at radius 2 is 2.04 bits per heavy atom. The maximum absolute atomic E-state index is 14.6. The Hall–Kier alpha value is -2.38. The quantitative estimate of drug-likeness (QED) is 0.620. The van der Waals surface area contributed by atoms with Crippen molar-refractivity contribution in [1.29, 1.82) is 0 Å². The topological polar surface area (TPSA) is 88.3 Å². The molecule has 0 aliphatic carbocycles. The molecule has 3 rings (SSSR count). The number of hydrogen-bond donors (Lipinski definition) is 1. The van der Waals surface area contributed by atoms with Crippen molar-refractivity contribution in [2.24, 2.45) is 0 Å². The summed E-state index contributed by atoms with van der Waals surface area (Å²) < 4.78 is 31.4. The molecule has 0 saturated carbocycles. The van der Waals surface area contributed by atoms with Crippen molar-refractivity contribution in [3.05, 3.63) is 53.5 Å². The van der Waals surface area contributed by atoms with Crippen LogP contribution in [0.25, 0.3) is 16.7 Å². The molecule has 0 spiro atoms. The fourth-order valence-electron chi connectivity index (χ4n) is 2.93. The summed E-state index contributed by atoms with van der Waals surface area (Å²) in [5.41, 5.74) is 8.21. The zero-order valence-electron chi connectivity index (χ0n) is 16.1. The summed E-state index contributed by atoms with van der Waals surface area (Å²) in [4.78, 5) is 16.4. The number of ether oxygens (including phenoxy) is 1. The predicted octanol–water partition coefficient (Wildman–Crippen LogP) is 3.96. The van der Waals surface area contributed by atoms with E-state index in [0.717, 1.165) is 11.1 Å². The van der Waals surface area contributed by atoms with Gasteiger partial charge < -0.3 is 15.0 Å². The van der Waals surface area contributed by atoms with Crippen LogP contribution in [-0.4, -0.2) is 32.6 Å². The van der Waals surface area contributed by atoms with Crippen LogP contribution in [0.1, 0.15) is 43.1 Å². The molecule has 0 bridgehead atoms. The van der Waals surface area contributed by atoms with Gasteiger partial charge in [0.2, 0.25) is 0 Å². The van der Waals surface area contributed by atoms with E-state index in [1.165, 1.54) is 12.1 Å². The van der Waals surface area contributed by atoms with Gasteiger partial charge in [0, 0.05) is 18.2 Å². The summed E-state index contributed by atoms with van der Waals surface area (Å²) in [7, 11) is 0. The normalized spacial score (nSPS) is 17.2. The van der Waals surface area contributed by atoms with Crippen molar-refractivity contribution in [2.75, 3.05) is 17.2 Å². The number of aromatic nitrogens is 1. The average Bonchev–Trinajstić information content (AvgIpc) is 2.61. The summed E-state index contributed by atoms with van der Waals surface area (Å²) in [5, 5.41) is 0. The van der Waals surface area contributed by atoms with Crippen molar-refractivity contribution < 1.29 is 18.5 Å². The molecule has 0 unspecified atom stereocenters. The molecular weight excluding hydrogens is 379 g/mol. The lowest BCUT2D eigenvalue weighted by Gasteiger charge is -2.20. The fraction of sp³-hybridized carbons (Fsp3) is 0.333. The van der Waals surface area contributed by atoms with Crippen molar-refractivity contribution >= 4 is 28.5 Å². The van der Waals surface area contributed by atoms with Gasteiger partial charge in [-0.05, 0) is 72.9 Å². The molecule has 1 aromatic heterocycles. The van der Waals surface area contributed by atoms with Crippen LogP contribution in [0.15, 0.2) is 36.5 Å². The molecule has 148 valence electrons. The average molecular weight is 402 g/mol. The van der Waals surface area contributed by atoms with Crippen LogP contribution in [0.2, 0.25) is 0 Å². The van der Waals surface area contributed by atoms with E-state index in [0.29, 0.717) is 29.1 Å². The predicted molar refractivity (Wildman–Crippen MR) is 110 cm³/mol. The molecule has 7 heteroatoms. The van der Waals surface area contributed by atoms with Crippen LogP contribution >= 0.6 is 0 Å². The van der Waals surface area contributed by atoms with E-state index in [1.807, 2.05) is 12.1 Å². The molecule has 0 fully saturated rings. The van der Waals surface area contributed by atoms with Crippen LogP contribution in [0, 0.1) is 5.82 Å². The number of halogens is 1.